The van der Waals surface area contributed by atoms with Crippen LogP contribution in [0.1, 0.15) is 71.1 Å². The van der Waals surface area contributed by atoms with Crippen LogP contribution in [0.4, 0.5) is 0 Å². The minimum Gasteiger partial charge on any atom is -0.377 e. The Hall–Kier alpha value is -0.120. The van der Waals surface area contributed by atoms with Gasteiger partial charge in [-0.3, -0.25) is 0 Å². The molecule has 1 aliphatic carbocycles. The largest absolute Gasteiger partial charge is 0.377 e. The predicted octanol–water partition coefficient (Wildman–Crippen LogP) is 3.24. The van der Waals surface area contributed by atoms with Crippen molar-refractivity contribution in [3.05, 3.63) is 0 Å². The molecule has 0 aromatic heterocycles. The average Bonchev–Trinajstić information content (AvgIpc) is 2.73. The fraction of sp³-hybridized carbons (Fsp3) is 1.00. The highest BCUT2D eigenvalue weighted by Gasteiger charge is 2.15. The molecule has 1 saturated carbocycles. The monoisotopic (exact) mass is 282 g/mol. The van der Waals surface area contributed by atoms with E-state index in [9.17, 15) is 0 Å². The van der Waals surface area contributed by atoms with E-state index < -0.39 is 0 Å². The van der Waals surface area contributed by atoms with Crippen molar-refractivity contribution in [2.45, 2.75) is 89.3 Å². The molecule has 118 valence electrons. The first kappa shape index (κ1) is 16.3. The zero-order valence-electron chi connectivity index (χ0n) is 13.3. The zero-order valence-corrected chi connectivity index (χ0v) is 13.3. The third-order valence-electron chi connectivity index (χ3n) is 4.80. The lowest BCUT2D eigenvalue weighted by Gasteiger charge is -2.24. The first-order chi connectivity index (χ1) is 9.84. The van der Waals surface area contributed by atoms with Crippen LogP contribution in [-0.4, -0.2) is 37.9 Å². The van der Waals surface area contributed by atoms with Gasteiger partial charge in [-0.25, -0.2) is 0 Å². The zero-order chi connectivity index (χ0) is 14.0. The minimum atomic E-state index is 0.546. The van der Waals surface area contributed by atoms with Crippen molar-refractivity contribution in [2.24, 2.45) is 0 Å². The summed E-state index contributed by atoms with van der Waals surface area (Å²) in [5.41, 5.74) is 0. The van der Waals surface area contributed by atoms with E-state index in [0.717, 1.165) is 19.2 Å². The molecule has 1 heterocycles. The normalized spacial score (nSPS) is 27.1. The van der Waals surface area contributed by atoms with E-state index in [0.29, 0.717) is 12.1 Å². The Morgan fingerprint density at radius 2 is 1.80 bits per heavy atom. The summed E-state index contributed by atoms with van der Waals surface area (Å²) in [5, 5.41) is 7.31. The molecule has 0 bridgehead atoms. The van der Waals surface area contributed by atoms with Crippen molar-refractivity contribution in [1.29, 1.82) is 0 Å². The molecule has 20 heavy (non-hydrogen) atoms. The molecule has 2 atom stereocenters. The first-order valence-corrected chi connectivity index (χ1v) is 8.93. The van der Waals surface area contributed by atoms with Crippen LogP contribution in [0.25, 0.3) is 0 Å². The lowest BCUT2D eigenvalue weighted by molar-refractivity contribution is 0.0293. The fourth-order valence-corrected chi connectivity index (χ4v) is 3.57. The Morgan fingerprint density at radius 3 is 2.65 bits per heavy atom. The van der Waals surface area contributed by atoms with Gasteiger partial charge in [-0.1, -0.05) is 32.1 Å². The van der Waals surface area contributed by atoms with Crippen LogP contribution in [-0.2, 0) is 4.74 Å². The minimum absolute atomic E-state index is 0.546. The number of rotatable bonds is 7. The smallest absolute Gasteiger partial charge is 0.0594 e. The van der Waals surface area contributed by atoms with E-state index in [1.165, 1.54) is 70.8 Å². The van der Waals surface area contributed by atoms with Gasteiger partial charge in [-0.2, -0.15) is 0 Å². The van der Waals surface area contributed by atoms with Crippen molar-refractivity contribution in [3.8, 4) is 0 Å². The predicted molar refractivity (Wildman–Crippen MR) is 85.2 cm³/mol. The summed E-state index contributed by atoms with van der Waals surface area (Å²) in [6, 6.07) is 1.32. The second-order valence-corrected chi connectivity index (χ2v) is 6.72. The van der Waals surface area contributed by atoms with Gasteiger partial charge < -0.3 is 15.4 Å². The second-order valence-electron chi connectivity index (χ2n) is 6.72. The quantitative estimate of drug-likeness (QED) is 0.703. The van der Waals surface area contributed by atoms with Crippen molar-refractivity contribution in [2.75, 3.05) is 19.7 Å². The highest BCUT2D eigenvalue weighted by Crippen LogP contribution is 2.19. The van der Waals surface area contributed by atoms with Gasteiger partial charge in [0.15, 0.2) is 0 Å². The first-order valence-electron chi connectivity index (χ1n) is 8.93. The molecule has 2 aliphatic rings. The lowest BCUT2D eigenvalue weighted by Crippen LogP contribution is -2.38. The third kappa shape index (κ3) is 6.55. The van der Waals surface area contributed by atoms with Crippen molar-refractivity contribution in [3.63, 3.8) is 0 Å². The topological polar surface area (TPSA) is 33.3 Å². The summed E-state index contributed by atoms with van der Waals surface area (Å²) in [6.45, 7) is 5.41. The van der Waals surface area contributed by atoms with Crippen LogP contribution in [0.2, 0.25) is 0 Å². The third-order valence-corrected chi connectivity index (χ3v) is 4.80. The summed E-state index contributed by atoms with van der Waals surface area (Å²) in [4.78, 5) is 0. The standard InChI is InChI=1S/C17H34N2O/c1-15(14-16-8-4-3-7-11-19-16)18-12-13-20-17-9-5-2-6-10-17/h15-19H,2-14H2,1H3. The number of nitrogens with one attached hydrogen (secondary N) is 2. The Labute approximate surface area is 125 Å². The Kier molecular flexibility index (Phi) is 7.92. The highest BCUT2D eigenvalue weighted by molar-refractivity contribution is 4.76. The van der Waals surface area contributed by atoms with Crippen LogP contribution in [0.15, 0.2) is 0 Å². The molecule has 2 unspecified atom stereocenters. The van der Waals surface area contributed by atoms with Gasteiger partial charge in [-0.15, -0.1) is 0 Å². The molecule has 3 heteroatoms. The molecule has 0 aromatic carbocycles. The van der Waals surface area contributed by atoms with E-state index in [1.807, 2.05) is 0 Å². The lowest BCUT2D eigenvalue weighted by atomic mass is 9.98. The van der Waals surface area contributed by atoms with Crippen LogP contribution >= 0.6 is 0 Å². The molecule has 1 saturated heterocycles. The van der Waals surface area contributed by atoms with Gasteiger partial charge in [-0.05, 0) is 45.6 Å². The summed E-state index contributed by atoms with van der Waals surface area (Å²) in [7, 11) is 0. The molecular weight excluding hydrogens is 248 g/mol. The Bertz CT molecular complexity index is 233. The van der Waals surface area contributed by atoms with Gasteiger partial charge >= 0.3 is 0 Å². The van der Waals surface area contributed by atoms with Crippen molar-refractivity contribution in [1.82, 2.24) is 10.6 Å². The van der Waals surface area contributed by atoms with E-state index >= 15 is 0 Å². The van der Waals surface area contributed by atoms with Crippen LogP contribution in [0, 0.1) is 0 Å². The number of hydrogen-bond donors (Lipinski definition) is 2. The van der Waals surface area contributed by atoms with Crippen molar-refractivity contribution >= 4 is 0 Å². The molecular formula is C17H34N2O. The molecule has 3 nitrogen and oxygen atoms in total. The maximum absolute atomic E-state index is 5.97. The second kappa shape index (κ2) is 9.75. The van der Waals surface area contributed by atoms with E-state index in [-0.39, 0.29) is 0 Å². The summed E-state index contributed by atoms with van der Waals surface area (Å²) < 4.78 is 5.97. The molecule has 0 amide bonds. The molecule has 0 radical (unpaired) electrons. The summed E-state index contributed by atoms with van der Waals surface area (Å²) in [6.07, 6.45) is 14.0. The Balaban J connectivity index is 1.49. The maximum atomic E-state index is 5.97. The van der Waals surface area contributed by atoms with Gasteiger partial charge in [0, 0.05) is 18.6 Å². The van der Waals surface area contributed by atoms with E-state index in [2.05, 4.69) is 17.6 Å². The molecule has 0 aromatic rings. The SMILES string of the molecule is CC(CC1CCCCCN1)NCCOC1CCCCC1. The molecule has 2 N–H and O–H groups in total. The van der Waals surface area contributed by atoms with Gasteiger partial charge in [0.2, 0.25) is 0 Å². The highest BCUT2D eigenvalue weighted by atomic mass is 16.5. The van der Waals surface area contributed by atoms with Crippen LogP contribution < -0.4 is 10.6 Å². The van der Waals surface area contributed by atoms with Crippen LogP contribution in [0.3, 0.4) is 0 Å². The number of hydrogen-bond acceptors (Lipinski definition) is 3. The molecule has 2 fully saturated rings. The average molecular weight is 282 g/mol. The fourth-order valence-electron chi connectivity index (χ4n) is 3.57. The van der Waals surface area contributed by atoms with Crippen molar-refractivity contribution < 1.29 is 4.74 Å². The summed E-state index contributed by atoms with van der Waals surface area (Å²) in [5.74, 6) is 0. The van der Waals surface area contributed by atoms with E-state index in [1.54, 1.807) is 0 Å². The van der Waals surface area contributed by atoms with Gasteiger partial charge in [0.25, 0.3) is 0 Å². The molecule has 2 rings (SSSR count). The Morgan fingerprint density at radius 1 is 1.05 bits per heavy atom. The van der Waals surface area contributed by atoms with Gasteiger partial charge in [0.1, 0.15) is 0 Å². The van der Waals surface area contributed by atoms with Crippen LogP contribution in [0.5, 0.6) is 0 Å². The molecule has 1 aliphatic heterocycles. The maximum Gasteiger partial charge on any atom is 0.0594 e. The van der Waals surface area contributed by atoms with E-state index in [4.69, 9.17) is 4.74 Å². The molecule has 0 spiro atoms. The van der Waals surface area contributed by atoms with Gasteiger partial charge in [0.05, 0.1) is 12.7 Å². The number of ether oxygens (including phenoxy) is 1. The summed E-state index contributed by atoms with van der Waals surface area (Å²) >= 11 is 0.